The van der Waals surface area contributed by atoms with Gasteiger partial charge in [0.2, 0.25) is 0 Å². The van der Waals surface area contributed by atoms with Crippen molar-refractivity contribution in [3.8, 4) is 11.3 Å². The third-order valence-electron chi connectivity index (χ3n) is 5.63. The van der Waals surface area contributed by atoms with Crippen molar-refractivity contribution in [2.24, 2.45) is 4.99 Å². The lowest BCUT2D eigenvalue weighted by Crippen LogP contribution is -2.36. The van der Waals surface area contributed by atoms with Crippen molar-refractivity contribution in [2.45, 2.75) is 13.5 Å². The Morgan fingerprint density at radius 2 is 1.84 bits per heavy atom. The highest BCUT2D eigenvalue weighted by molar-refractivity contribution is 7.07. The second-order valence-corrected chi connectivity index (χ2v) is 8.53. The molecule has 0 unspecified atom stereocenters. The maximum atomic E-state index is 13.3. The number of imidazole rings is 1. The first-order chi connectivity index (χ1) is 15.7. The minimum absolute atomic E-state index is 0.267. The number of morpholine rings is 1. The molecule has 1 aliphatic rings. The fourth-order valence-corrected chi connectivity index (χ4v) is 4.72. The molecule has 1 saturated heterocycles. The molecule has 0 radical (unpaired) electrons. The summed E-state index contributed by atoms with van der Waals surface area (Å²) in [5.74, 6) is -0.267. The molecule has 2 aromatic carbocycles. The van der Waals surface area contributed by atoms with Crippen molar-refractivity contribution >= 4 is 22.7 Å². The molecule has 32 heavy (non-hydrogen) atoms. The lowest BCUT2D eigenvalue weighted by Gasteiger charge is -2.28. The van der Waals surface area contributed by atoms with Gasteiger partial charge in [-0.25, -0.2) is 14.4 Å². The van der Waals surface area contributed by atoms with Gasteiger partial charge in [-0.05, 0) is 48.9 Å². The maximum absolute atomic E-state index is 13.3. The molecule has 1 aliphatic heterocycles. The minimum Gasteiger partial charge on any atom is -0.378 e. The fourth-order valence-electron chi connectivity index (χ4n) is 3.79. The highest BCUT2D eigenvalue weighted by Crippen LogP contribution is 2.25. The number of ether oxygens (including phenoxy) is 1. The maximum Gasteiger partial charge on any atom is 0.190 e. The van der Waals surface area contributed by atoms with E-state index in [1.807, 2.05) is 6.92 Å². The van der Waals surface area contributed by atoms with Gasteiger partial charge in [0.25, 0.3) is 0 Å². The normalized spacial score (nSPS) is 14.8. The van der Waals surface area contributed by atoms with Gasteiger partial charge < -0.3 is 19.2 Å². The molecule has 4 aromatic rings. The Morgan fingerprint density at radius 3 is 2.53 bits per heavy atom. The molecule has 0 aliphatic carbocycles. The Bertz CT molecular complexity index is 1250. The molecule has 3 heterocycles. The molecule has 0 spiro atoms. The van der Waals surface area contributed by atoms with E-state index in [1.165, 1.54) is 17.8 Å². The summed E-state index contributed by atoms with van der Waals surface area (Å²) in [6.07, 6.45) is 1.71. The molecule has 0 amide bonds. The summed E-state index contributed by atoms with van der Waals surface area (Å²) in [6, 6.07) is 14.9. The van der Waals surface area contributed by atoms with Crippen LogP contribution in [-0.4, -0.2) is 40.8 Å². The van der Waals surface area contributed by atoms with E-state index in [0.29, 0.717) is 6.54 Å². The molecule has 1 fully saturated rings. The van der Waals surface area contributed by atoms with Gasteiger partial charge in [0.15, 0.2) is 4.80 Å². The van der Waals surface area contributed by atoms with Crippen LogP contribution in [0.25, 0.3) is 11.3 Å². The molecule has 0 saturated carbocycles. The second kappa shape index (κ2) is 9.10. The van der Waals surface area contributed by atoms with Crippen LogP contribution in [0.5, 0.6) is 0 Å². The van der Waals surface area contributed by atoms with E-state index in [-0.39, 0.29) is 5.82 Å². The summed E-state index contributed by atoms with van der Waals surface area (Å²) in [4.78, 5) is 15.6. The Kier molecular flexibility index (Phi) is 5.87. The van der Waals surface area contributed by atoms with Gasteiger partial charge in [-0.1, -0.05) is 12.1 Å². The van der Waals surface area contributed by atoms with Gasteiger partial charge in [-0.3, -0.25) is 0 Å². The first-order valence-electron chi connectivity index (χ1n) is 10.6. The van der Waals surface area contributed by atoms with Crippen LogP contribution < -0.4 is 9.70 Å². The van der Waals surface area contributed by atoms with Crippen LogP contribution in [0.4, 0.5) is 15.8 Å². The highest BCUT2D eigenvalue weighted by Gasteiger charge is 2.14. The van der Waals surface area contributed by atoms with E-state index >= 15 is 0 Å². The first-order valence-corrected chi connectivity index (χ1v) is 11.5. The van der Waals surface area contributed by atoms with Crippen LogP contribution in [0, 0.1) is 12.7 Å². The number of nitrogens with one attached hydrogen (secondary N) is 1. The highest BCUT2D eigenvalue weighted by atomic mass is 32.1. The molecule has 5 rings (SSSR count). The number of aromatic amines is 1. The van der Waals surface area contributed by atoms with E-state index in [1.54, 1.807) is 29.8 Å². The second-order valence-electron chi connectivity index (χ2n) is 7.70. The molecule has 6 nitrogen and oxygen atoms in total. The van der Waals surface area contributed by atoms with E-state index in [0.717, 1.165) is 59.4 Å². The number of thiazole rings is 1. The van der Waals surface area contributed by atoms with Crippen LogP contribution in [0.1, 0.15) is 11.4 Å². The average Bonchev–Trinajstić information content (AvgIpc) is 3.42. The summed E-state index contributed by atoms with van der Waals surface area (Å²) in [7, 11) is 0. The van der Waals surface area contributed by atoms with Gasteiger partial charge in [0.05, 0.1) is 43.2 Å². The van der Waals surface area contributed by atoms with Gasteiger partial charge in [0, 0.05) is 29.9 Å². The SMILES string of the molecule is Cc1[nH]cnc1Cn1c(-c2ccc(N3CCOCC3)cc2)csc1=Nc1ccc(F)cc1. The Balaban J connectivity index is 1.53. The van der Waals surface area contributed by atoms with Crippen LogP contribution in [-0.2, 0) is 11.3 Å². The van der Waals surface area contributed by atoms with Crippen LogP contribution >= 0.6 is 11.3 Å². The van der Waals surface area contributed by atoms with Crippen molar-refractivity contribution in [1.29, 1.82) is 0 Å². The molecule has 8 heteroatoms. The average molecular weight is 450 g/mol. The predicted molar refractivity (Wildman–Crippen MR) is 125 cm³/mol. The zero-order chi connectivity index (χ0) is 21.9. The predicted octanol–water partition coefficient (Wildman–Crippen LogP) is 4.50. The molecule has 2 aromatic heterocycles. The topological polar surface area (TPSA) is 58.4 Å². The standard InChI is InChI=1S/C24H24FN5OS/c1-17-22(27-16-26-17)14-30-23(15-32-24(30)28-20-6-4-19(25)5-7-20)18-2-8-21(9-3-18)29-10-12-31-13-11-29/h2-9,15-16H,10-14H2,1H3,(H,26,27). The third-order valence-corrected chi connectivity index (χ3v) is 6.49. The summed E-state index contributed by atoms with van der Waals surface area (Å²) in [5.41, 5.74) is 6.12. The fraction of sp³-hybridized carbons (Fsp3) is 0.250. The number of aromatic nitrogens is 3. The van der Waals surface area contributed by atoms with Crippen molar-refractivity contribution < 1.29 is 9.13 Å². The number of rotatable bonds is 5. The monoisotopic (exact) mass is 449 g/mol. The summed E-state index contributed by atoms with van der Waals surface area (Å²) >= 11 is 1.57. The molecule has 0 atom stereocenters. The van der Waals surface area contributed by atoms with Crippen LogP contribution in [0.3, 0.4) is 0 Å². The number of benzene rings is 2. The zero-order valence-electron chi connectivity index (χ0n) is 17.8. The molecule has 1 N–H and O–H groups in total. The number of hydrogen-bond donors (Lipinski definition) is 1. The molecular formula is C24H24FN5OS. The third kappa shape index (κ3) is 4.37. The number of halogens is 1. The van der Waals surface area contributed by atoms with Gasteiger partial charge in [-0.15, -0.1) is 11.3 Å². The quantitative estimate of drug-likeness (QED) is 0.488. The first kappa shape index (κ1) is 20.7. The Hall–Kier alpha value is -3.23. The Labute approximate surface area is 189 Å². The number of anilines is 1. The smallest absolute Gasteiger partial charge is 0.190 e. The number of aryl methyl sites for hydroxylation is 1. The van der Waals surface area contributed by atoms with Gasteiger partial charge in [-0.2, -0.15) is 0 Å². The van der Waals surface area contributed by atoms with E-state index in [2.05, 4.69) is 49.1 Å². The van der Waals surface area contributed by atoms with Crippen molar-refractivity contribution in [3.05, 3.63) is 82.2 Å². The summed E-state index contributed by atoms with van der Waals surface area (Å²) < 4.78 is 21.0. The summed E-state index contributed by atoms with van der Waals surface area (Å²) in [6.45, 7) is 5.98. The largest absolute Gasteiger partial charge is 0.378 e. The van der Waals surface area contributed by atoms with E-state index < -0.39 is 0 Å². The molecule has 164 valence electrons. The van der Waals surface area contributed by atoms with Crippen LogP contribution in [0.2, 0.25) is 0 Å². The number of H-pyrrole nitrogens is 1. The van der Waals surface area contributed by atoms with Crippen molar-refractivity contribution in [2.75, 3.05) is 31.2 Å². The molecular weight excluding hydrogens is 425 g/mol. The minimum atomic E-state index is -0.267. The van der Waals surface area contributed by atoms with Crippen molar-refractivity contribution in [1.82, 2.24) is 14.5 Å². The molecule has 0 bridgehead atoms. The van der Waals surface area contributed by atoms with Crippen molar-refractivity contribution in [3.63, 3.8) is 0 Å². The number of nitrogens with zero attached hydrogens (tertiary/aromatic N) is 4. The Morgan fingerprint density at radius 1 is 1.09 bits per heavy atom. The summed E-state index contributed by atoms with van der Waals surface area (Å²) in [5, 5.41) is 2.12. The zero-order valence-corrected chi connectivity index (χ0v) is 18.6. The van der Waals surface area contributed by atoms with Gasteiger partial charge >= 0.3 is 0 Å². The number of hydrogen-bond acceptors (Lipinski definition) is 5. The lowest BCUT2D eigenvalue weighted by molar-refractivity contribution is 0.122. The van der Waals surface area contributed by atoms with Crippen LogP contribution in [0.15, 0.2) is 65.2 Å². The van der Waals surface area contributed by atoms with E-state index in [9.17, 15) is 4.39 Å². The van der Waals surface area contributed by atoms with Gasteiger partial charge in [0.1, 0.15) is 5.82 Å². The lowest BCUT2D eigenvalue weighted by atomic mass is 10.1. The van der Waals surface area contributed by atoms with E-state index in [4.69, 9.17) is 9.73 Å².